The molecule has 0 amide bonds. The van der Waals surface area contributed by atoms with E-state index in [4.69, 9.17) is 9.97 Å². The fourth-order valence-electron chi connectivity index (χ4n) is 3.91. The second kappa shape index (κ2) is 7.46. The van der Waals surface area contributed by atoms with Gasteiger partial charge in [0.1, 0.15) is 11.4 Å². The molecule has 0 bridgehead atoms. The van der Waals surface area contributed by atoms with Crippen LogP contribution in [-0.4, -0.2) is 55.5 Å². The molecule has 5 rings (SSSR count). The third-order valence-electron chi connectivity index (χ3n) is 5.24. The molecule has 0 spiro atoms. The number of fused-ring (bicyclic) bond motifs is 1. The van der Waals surface area contributed by atoms with Crippen LogP contribution in [0.15, 0.2) is 48.1 Å². The van der Waals surface area contributed by atoms with Crippen molar-refractivity contribution in [2.24, 2.45) is 0 Å². The number of thiazole rings is 1. The summed E-state index contributed by atoms with van der Waals surface area (Å²) in [5.41, 5.74) is 3.36. The smallest absolute Gasteiger partial charge is 0.223 e. The largest absolute Gasteiger partial charge is 0.508 e. The summed E-state index contributed by atoms with van der Waals surface area (Å²) in [5.74, 6) is 0.853. The summed E-state index contributed by atoms with van der Waals surface area (Å²) in [4.78, 5) is 17.3. The maximum absolute atomic E-state index is 9.94. The number of aromatic nitrogens is 4. The van der Waals surface area contributed by atoms with Gasteiger partial charge in [-0.25, -0.2) is 15.0 Å². The Bertz CT molecular complexity index is 1150. The first kappa shape index (κ1) is 18.1. The van der Waals surface area contributed by atoms with Gasteiger partial charge in [-0.2, -0.15) is 0 Å². The van der Waals surface area contributed by atoms with E-state index in [1.54, 1.807) is 29.7 Å². The van der Waals surface area contributed by atoms with Gasteiger partial charge in [-0.05, 0) is 44.6 Å². The number of phenolic OH excluding ortho intramolecular Hbond substituents is 1. The van der Waals surface area contributed by atoms with Crippen molar-refractivity contribution in [3.63, 3.8) is 0 Å². The topological polar surface area (TPSA) is 78.6 Å². The van der Waals surface area contributed by atoms with Gasteiger partial charge in [0.05, 0.1) is 11.4 Å². The van der Waals surface area contributed by atoms with E-state index < -0.39 is 0 Å². The highest BCUT2D eigenvalue weighted by Crippen LogP contribution is 2.34. The number of nitrogens with one attached hydrogen (secondary N) is 1. The molecule has 1 saturated heterocycles. The Kier molecular flexibility index (Phi) is 4.65. The third kappa shape index (κ3) is 3.56. The predicted molar refractivity (Wildman–Crippen MR) is 115 cm³/mol. The highest BCUT2D eigenvalue weighted by Gasteiger charge is 2.21. The van der Waals surface area contributed by atoms with Crippen molar-refractivity contribution < 1.29 is 5.11 Å². The van der Waals surface area contributed by atoms with Gasteiger partial charge in [0.15, 0.2) is 4.96 Å². The van der Waals surface area contributed by atoms with Gasteiger partial charge in [0.2, 0.25) is 5.95 Å². The van der Waals surface area contributed by atoms with Crippen LogP contribution in [0.25, 0.3) is 27.6 Å². The summed E-state index contributed by atoms with van der Waals surface area (Å²) in [5, 5.41) is 15.4. The zero-order valence-corrected chi connectivity index (χ0v) is 16.9. The van der Waals surface area contributed by atoms with Gasteiger partial charge < -0.3 is 15.3 Å². The van der Waals surface area contributed by atoms with E-state index in [0.29, 0.717) is 12.0 Å². The van der Waals surface area contributed by atoms with E-state index in [9.17, 15) is 5.11 Å². The van der Waals surface area contributed by atoms with Crippen molar-refractivity contribution >= 4 is 22.2 Å². The number of likely N-dealkylation sites (tertiary alicyclic amines) is 1. The van der Waals surface area contributed by atoms with Crippen LogP contribution >= 0.6 is 11.3 Å². The van der Waals surface area contributed by atoms with Gasteiger partial charge in [0, 0.05) is 35.9 Å². The number of piperidine rings is 1. The Hall–Kier alpha value is -2.97. The van der Waals surface area contributed by atoms with Gasteiger partial charge in [-0.15, -0.1) is 11.3 Å². The molecule has 1 atom stereocenters. The molecule has 0 unspecified atom stereocenters. The monoisotopic (exact) mass is 406 g/mol. The molecule has 0 aliphatic carbocycles. The molecule has 148 valence electrons. The molecule has 1 aliphatic rings. The zero-order valence-electron chi connectivity index (χ0n) is 16.1. The van der Waals surface area contributed by atoms with Gasteiger partial charge in [0.25, 0.3) is 0 Å². The van der Waals surface area contributed by atoms with E-state index in [1.807, 2.05) is 34.2 Å². The fraction of sp³-hybridized carbons (Fsp3) is 0.286. The van der Waals surface area contributed by atoms with Crippen molar-refractivity contribution in [1.29, 1.82) is 0 Å². The van der Waals surface area contributed by atoms with Crippen LogP contribution in [0.4, 0.5) is 5.95 Å². The van der Waals surface area contributed by atoms with Gasteiger partial charge in [-0.1, -0.05) is 12.1 Å². The first-order valence-electron chi connectivity index (χ1n) is 9.71. The molecule has 1 aromatic carbocycles. The van der Waals surface area contributed by atoms with Crippen LogP contribution in [0.5, 0.6) is 5.75 Å². The molecule has 7 nitrogen and oxygen atoms in total. The minimum absolute atomic E-state index is 0.219. The Morgan fingerprint density at radius 3 is 3.03 bits per heavy atom. The Balaban J connectivity index is 1.55. The lowest BCUT2D eigenvalue weighted by Crippen LogP contribution is -2.40. The minimum Gasteiger partial charge on any atom is -0.508 e. The van der Waals surface area contributed by atoms with Crippen LogP contribution in [0.1, 0.15) is 12.8 Å². The lowest BCUT2D eigenvalue weighted by atomic mass is 10.1. The van der Waals surface area contributed by atoms with Crippen LogP contribution in [0.3, 0.4) is 0 Å². The molecule has 1 fully saturated rings. The number of benzene rings is 1. The normalized spacial score (nSPS) is 17.6. The molecular weight excluding hydrogens is 384 g/mol. The molecule has 1 aliphatic heterocycles. The highest BCUT2D eigenvalue weighted by molar-refractivity contribution is 7.15. The summed E-state index contributed by atoms with van der Waals surface area (Å²) in [6.07, 6.45) is 6.08. The van der Waals surface area contributed by atoms with E-state index in [0.717, 1.165) is 47.1 Å². The van der Waals surface area contributed by atoms with Crippen molar-refractivity contribution in [2.45, 2.75) is 18.9 Å². The molecular formula is C21H22N6OS. The quantitative estimate of drug-likeness (QED) is 0.538. The second-order valence-corrected chi connectivity index (χ2v) is 8.30. The number of anilines is 1. The summed E-state index contributed by atoms with van der Waals surface area (Å²) in [7, 11) is 2.15. The Morgan fingerprint density at radius 1 is 1.24 bits per heavy atom. The molecule has 3 aromatic heterocycles. The van der Waals surface area contributed by atoms with E-state index in [1.165, 1.54) is 6.42 Å². The number of likely N-dealkylation sites (N-methyl/N-ethyl adjacent to an activating group) is 1. The second-order valence-electron chi connectivity index (χ2n) is 7.43. The maximum Gasteiger partial charge on any atom is 0.223 e. The molecule has 8 heteroatoms. The minimum atomic E-state index is 0.219. The van der Waals surface area contributed by atoms with Gasteiger partial charge >= 0.3 is 0 Å². The summed E-state index contributed by atoms with van der Waals surface area (Å²) in [6.45, 7) is 2.13. The first-order chi connectivity index (χ1) is 14.2. The number of hydrogen-bond acceptors (Lipinski definition) is 7. The van der Waals surface area contributed by atoms with Crippen molar-refractivity contribution in [3.8, 4) is 28.4 Å². The van der Waals surface area contributed by atoms with Gasteiger partial charge in [-0.3, -0.25) is 4.40 Å². The van der Waals surface area contributed by atoms with E-state index in [2.05, 4.69) is 22.2 Å². The van der Waals surface area contributed by atoms with Crippen LogP contribution in [0.2, 0.25) is 0 Å². The molecule has 4 heterocycles. The number of imidazole rings is 1. The maximum atomic E-state index is 9.94. The average molecular weight is 407 g/mol. The van der Waals surface area contributed by atoms with Crippen LogP contribution in [0, 0.1) is 0 Å². The van der Waals surface area contributed by atoms with Crippen LogP contribution in [-0.2, 0) is 0 Å². The lowest BCUT2D eigenvalue weighted by Gasteiger charge is -2.30. The number of aromatic hydroxyl groups is 1. The van der Waals surface area contributed by atoms with Crippen molar-refractivity contribution in [2.75, 3.05) is 25.5 Å². The summed E-state index contributed by atoms with van der Waals surface area (Å²) in [6, 6.07) is 9.43. The molecule has 4 aromatic rings. The Labute approximate surface area is 172 Å². The SMILES string of the molecule is CN1CCC[C@@H](Nc2nccc(-c3c(-c4cccc(O)c4)nc4sccn34)n2)C1. The summed E-state index contributed by atoms with van der Waals surface area (Å²) >= 11 is 1.57. The predicted octanol–water partition coefficient (Wildman–Crippen LogP) is 3.73. The number of hydrogen-bond donors (Lipinski definition) is 2. The third-order valence-corrected chi connectivity index (χ3v) is 5.99. The molecule has 0 saturated carbocycles. The average Bonchev–Trinajstić information content (AvgIpc) is 3.29. The first-order valence-corrected chi connectivity index (χ1v) is 10.6. The molecule has 29 heavy (non-hydrogen) atoms. The van der Waals surface area contributed by atoms with Crippen molar-refractivity contribution in [3.05, 3.63) is 48.1 Å². The standard InChI is InChI=1S/C21H22N6OS/c1-26-9-3-5-15(13-26)23-20-22-8-7-17(24-20)19-18(14-4-2-6-16(28)12-14)25-21-27(19)10-11-29-21/h2,4,6-8,10-12,15,28H,3,5,9,13H2,1H3,(H,22,23,24)/t15-/m1/s1. The van der Waals surface area contributed by atoms with Crippen LogP contribution < -0.4 is 5.32 Å². The number of phenols is 1. The Morgan fingerprint density at radius 2 is 2.17 bits per heavy atom. The zero-order chi connectivity index (χ0) is 19.8. The number of nitrogens with zero attached hydrogens (tertiary/aromatic N) is 5. The highest BCUT2D eigenvalue weighted by atomic mass is 32.1. The van der Waals surface area contributed by atoms with E-state index >= 15 is 0 Å². The molecule has 0 radical (unpaired) electrons. The lowest BCUT2D eigenvalue weighted by molar-refractivity contribution is 0.260. The fourth-order valence-corrected chi connectivity index (χ4v) is 4.63. The number of rotatable bonds is 4. The molecule has 2 N–H and O–H groups in total. The summed E-state index contributed by atoms with van der Waals surface area (Å²) < 4.78 is 2.05. The van der Waals surface area contributed by atoms with Crippen molar-refractivity contribution in [1.82, 2.24) is 24.3 Å². The van der Waals surface area contributed by atoms with E-state index in [-0.39, 0.29) is 5.75 Å².